The first-order valence-corrected chi connectivity index (χ1v) is 11.6. The molecular formula is C32H23N2O+. The standard InChI is InChI=1S/C32H23N2O/c1-21-15-16-26-31-27(33-2)19-25(24-13-9-12-23(18-24)22-10-5-4-6-11-22)20-29(31)35-32(26)30(21)28-14-7-8-17-34(28)3/h4-20H,1,3H3/q+1. The number of rotatable bonds is 3. The van der Waals surface area contributed by atoms with Crippen molar-refractivity contribution in [1.82, 2.24) is 0 Å². The summed E-state index contributed by atoms with van der Waals surface area (Å²) in [5.41, 5.74) is 9.79. The molecule has 166 valence electrons. The van der Waals surface area contributed by atoms with Gasteiger partial charge in [-0.05, 0) is 59.0 Å². The first kappa shape index (κ1) is 20.9. The molecule has 2 heterocycles. The van der Waals surface area contributed by atoms with E-state index in [0.717, 1.165) is 55.4 Å². The van der Waals surface area contributed by atoms with Crippen molar-refractivity contribution in [3.63, 3.8) is 0 Å². The maximum absolute atomic E-state index is 7.95. The Morgan fingerprint density at radius 2 is 1.49 bits per heavy atom. The molecule has 0 saturated carbocycles. The minimum Gasteiger partial charge on any atom is -0.457 e. The number of hydrogen-bond donors (Lipinski definition) is 0. The van der Waals surface area contributed by atoms with Gasteiger partial charge in [-0.15, -0.1) is 0 Å². The lowest BCUT2D eigenvalue weighted by Crippen LogP contribution is -2.30. The quantitative estimate of drug-likeness (QED) is 0.196. The number of fused-ring (bicyclic) bond motifs is 3. The van der Waals surface area contributed by atoms with E-state index in [0.29, 0.717) is 5.69 Å². The normalized spacial score (nSPS) is 11.1. The second-order valence-electron chi connectivity index (χ2n) is 8.86. The van der Waals surface area contributed by atoms with Gasteiger partial charge in [0.1, 0.15) is 18.2 Å². The van der Waals surface area contributed by atoms with Gasteiger partial charge < -0.3 is 4.42 Å². The van der Waals surface area contributed by atoms with Crippen LogP contribution < -0.4 is 4.57 Å². The van der Waals surface area contributed by atoms with Crippen molar-refractivity contribution >= 4 is 27.6 Å². The highest BCUT2D eigenvalue weighted by Gasteiger charge is 2.22. The minimum absolute atomic E-state index is 0.605. The molecule has 4 aromatic carbocycles. The van der Waals surface area contributed by atoms with E-state index in [4.69, 9.17) is 11.0 Å². The largest absolute Gasteiger partial charge is 0.457 e. The second kappa shape index (κ2) is 8.27. The summed E-state index contributed by atoms with van der Waals surface area (Å²) in [5, 5.41) is 1.85. The van der Waals surface area contributed by atoms with E-state index < -0.39 is 0 Å². The molecular weight excluding hydrogens is 428 g/mol. The summed E-state index contributed by atoms with van der Waals surface area (Å²) in [7, 11) is 2.04. The molecule has 0 fully saturated rings. The molecule has 6 aromatic rings. The number of benzene rings is 4. The van der Waals surface area contributed by atoms with Crippen LogP contribution in [0.4, 0.5) is 5.69 Å². The van der Waals surface area contributed by atoms with Crippen LogP contribution >= 0.6 is 0 Å². The number of furan rings is 1. The van der Waals surface area contributed by atoms with Gasteiger partial charge in [0.25, 0.3) is 0 Å². The van der Waals surface area contributed by atoms with E-state index in [1.165, 1.54) is 5.56 Å². The molecule has 2 aromatic heterocycles. The van der Waals surface area contributed by atoms with Crippen LogP contribution in [0.15, 0.2) is 108 Å². The zero-order valence-electron chi connectivity index (χ0n) is 19.6. The molecule has 0 amide bonds. The lowest BCUT2D eigenvalue weighted by atomic mass is 9.97. The van der Waals surface area contributed by atoms with Crippen LogP contribution in [0.25, 0.3) is 60.3 Å². The van der Waals surface area contributed by atoms with Gasteiger partial charge in [-0.3, -0.25) is 0 Å². The smallest absolute Gasteiger partial charge is 0.216 e. The third-order valence-electron chi connectivity index (χ3n) is 6.66. The molecule has 35 heavy (non-hydrogen) atoms. The zero-order valence-corrected chi connectivity index (χ0v) is 19.6. The van der Waals surface area contributed by atoms with Gasteiger partial charge in [0, 0.05) is 22.9 Å². The fourth-order valence-electron chi connectivity index (χ4n) is 4.91. The van der Waals surface area contributed by atoms with Crippen molar-refractivity contribution in [2.45, 2.75) is 6.92 Å². The average Bonchev–Trinajstić information content (AvgIpc) is 3.28. The monoisotopic (exact) mass is 451 g/mol. The van der Waals surface area contributed by atoms with Crippen LogP contribution in [0.3, 0.4) is 0 Å². The Kier molecular flexibility index (Phi) is 4.94. The Morgan fingerprint density at radius 1 is 0.743 bits per heavy atom. The van der Waals surface area contributed by atoms with Gasteiger partial charge in [0.15, 0.2) is 11.9 Å². The van der Waals surface area contributed by atoms with E-state index in [1.807, 2.05) is 49.6 Å². The summed E-state index contributed by atoms with van der Waals surface area (Å²) in [5.74, 6) is 0. The summed E-state index contributed by atoms with van der Waals surface area (Å²) in [6.07, 6.45) is 2.04. The molecule has 0 aliphatic rings. The number of nitrogens with zero attached hydrogens (tertiary/aromatic N) is 2. The minimum atomic E-state index is 0.605. The fourth-order valence-corrected chi connectivity index (χ4v) is 4.91. The summed E-state index contributed by atoms with van der Waals surface area (Å²) in [6, 6.07) is 33.2. The molecule has 0 saturated heterocycles. The van der Waals surface area contributed by atoms with Crippen LogP contribution in [0, 0.1) is 13.5 Å². The van der Waals surface area contributed by atoms with Gasteiger partial charge in [-0.25, -0.2) is 9.41 Å². The molecule has 0 atom stereocenters. The van der Waals surface area contributed by atoms with Crippen molar-refractivity contribution in [2.24, 2.45) is 7.05 Å². The number of pyridine rings is 1. The van der Waals surface area contributed by atoms with Crippen molar-refractivity contribution in [2.75, 3.05) is 0 Å². The predicted octanol–water partition coefficient (Wildman–Crippen LogP) is 8.27. The van der Waals surface area contributed by atoms with Crippen molar-refractivity contribution in [1.29, 1.82) is 0 Å². The van der Waals surface area contributed by atoms with Crippen LogP contribution in [0.5, 0.6) is 0 Å². The van der Waals surface area contributed by atoms with Crippen molar-refractivity contribution in [3.05, 3.63) is 120 Å². The van der Waals surface area contributed by atoms with Gasteiger partial charge in [-0.2, -0.15) is 0 Å². The molecule has 3 nitrogen and oxygen atoms in total. The lowest BCUT2D eigenvalue weighted by molar-refractivity contribution is -0.660. The molecule has 6 rings (SSSR count). The SMILES string of the molecule is [C-]#[N+]c1cc(-c2cccc(-c3ccccc3)c2)cc2oc3c(-c4cccc[n+]4C)c(C)ccc3c12. The van der Waals surface area contributed by atoms with Gasteiger partial charge >= 0.3 is 0 Å². The Morgan fingerprint density at radius 3 is 2.26 bits per heavy atom. The van der Waals surface area contributed by atoms with E-state index in [9.17, 15) is 0 Å². The van der Waals surface area contributed by atoms with Gasteiger partial charge in [0.05, 0.1) is 12.1 Å². The summed E-state index contributed by atoms with van der Waals surface area (Å²) < 4.78 is 8.64. The molecule has 0 radical (unpaired) electrons. The van der Waals surface area contributed by atoms with Crippen LogP contribution in [0.1, 0.15) is 5.56 Å². The first-order valence-electron chi connectivity index (χ1n) is 11.6. The van der Waals surface area contributed by atoms with Crippen LogP contribution in [-0.2, 0) is 7.05 Å². The zero-order chi connectivity index (χ0) is 23.9. The van der Waals surface area contributed by atoms with E-state index in [2.05, 4.69) is 77.0 Å². The molecule has 0 aliphatic heterocycles. The Hall–Kier alpha value is -4.68. The highest BCUT2D eigenvalue weighted by molar-refractivity contribution is 6.16. The van der Waals surface area contributed by atoms with E-state index in [-0.39, 0.29) is 0 Å². The topological polar surface area (TPSA) is 21.4 Å². The van der Waals surface area contributed by atoms with E-state index in [1.54, 1.807) is 0 Å². The number of aromatic nitrogens is 1. The van der Waals surface area contributed by atoms with E-state index >= 15 is 0 Å². The molecule has 0 spiro atoms. The first-order chi connectivity index (χ1) is 17.1. The fraction of sp³-hybridized carbons (Fsp3) is 0.0625. The third-order valence-corrected chi connectivity index (χ3v) is 6.66. The van der Waals surface area contributed by atoms with Gasteiger partial charge in [0.2, 0.25) is 5.69 Å². The number of hydrogen-bond acceptors (Lipinski definition) is 1. The highest BCUT2D eigenvalue weighted by atomic mass is 16.3. The second-order valence-corrected chi connectivity index (χ2v) is 8.86. The van der Waals surface area contributed by atoms with Gasteiger partial charge in [-0.1, -0.05) is 60.7 Å². The van der Waals surface area contributed by atoms with Crippen LogP contribution in [0.2, 0.25) is 0 Å². The molecule has 0 aliphatic carbocycles. The third kappa shape index (κ3) is 3.48. The Balaban J connectivity index is 1.59. The highest BCUT2D eigenvalue weighted by Crippen LogP contribution is 2.43. The predicted molar refractivity (Wildman–Crippen MR) is 142 cm³/mol. The maximum atomic E-state index is 7.95. The lowest BCUT2D eigenvalue weighted by Gasteiger charge is -2.07. The Labute approximate surface area is 204 Å². The summed E-state index contributed by atoms with van der Waals surface area (Å²) in [4.78, 5) is 3.91. The summed E-state index contributed by atoms with van der Waals surface area (Å²) >= 11 is 0. The van der Waals surface area contributed by atoms with Crippen molar-refractivity contribution in [3.8, 4) is 33.5 Å². The molecule has 0 N–H and O–H groups in total. The molecule has 0 bridgehead atoms. The Bertz CT molecular complexity index is 1770. The molecule has 3 heteroatoms. The average molecular weight is 452 g/mol. The summed E-state index contributed by atoms with van der Waals surface area (Å²) in [6.45, 7) is 10.1. The van der Waals surface area contributed by atoms with Crippen LogP contribution in [-0.4, -0.2) is 0 Å². The molecule has 0 unspecified atom stereocenters. The number of aryl methyl sites for hydroxylation is 2. The van der Waals surface area contributed by atoms with Crippen molar-refractivity contribution < 1.29 is 8.98 Å². The maximum Gasteiger partial charge on any atom is 0.216 e.